The molecule has 0 aliphatic heterocycles. The molecule has 4 heteroatoms. The molecule has 0 spiro atoms. The predicted molar refractivity (Wildman–Crippen MR) is 171 cm³/mol. The molecule has 0 fully saturated rings. The van der Waals surface area contributed by atoms with Crippen LogP contribution in [0.1, 0.15) is 5.56 Å². The Hall–Kier alpha value is -4.27. The summed E-state index contributed by atoms with van der Waals surface area (Å²) in [5.74, 6) is 0. The van der Waals surface area contributed by atoms with Crippen LogP contribution in [0, 0.1) is 6.92 Å². The van der Waals surface area contributed by atoms with Crippen LogP contribution >= 0.6 is 0 Å². The van der Waals surface area contributed by atoms with E-state index in [4.69, 9.17) is 4.98 Å². The van der Waals surface area contributed by atoms with Crippen LogP contribution in [0.2, 0.25) is 0 Å². The van der Waals surface area contributed by atoms with Gasteiger partial charge in [-0.05, 0) is 0 Å². The monoisotopic (exact) mass is 709 g/mol. The standard InChI is InChI=1S/C36H24N3.Bi.2H/c1-24-20-21-37-31(22-24)34-35-29(27-16-8-10-18-32(27)38(35)25-12-4-2-5-13-25)23-30-28-17-9-11-19-33(28)39(36(30)34)26-14-6-3-7-15-26;;;/h2-20,22-23H,1H3;;;. The van der Waals surface area contributed by atoms with Gasteiger partial charge in [0.2, 0.25) is 0 Å². The number of para-hydroxylation sites is 4. The van der Waals surface area contributed by atoms with Crippen LogP contribution < -0.4 is 3.40 Å². The molecule has 0 aliphatic carbocycles. The van der Waals surface area contributed by atoms with Gasteiger partial charge in [-0.2, -0.15) is 0 Å². The van der Waals surface area contributed by atoms with Crippen LogP contribution in [0.4, 0.5) is 0 Å². The molecule has 0 atom stereocenters. The molecule has 0 amide bonds. The molecule has 0 bridgehead atoms. The number of fused-ring (bicyclic) bond motifs is 6. The normalized spacial score (nSPS) is 11.8. The molecular formula is C36H26BiN3. The second kappa shape index (κ2) is 9.15. The molecule has 3 aromatic heterocycles. The van der Waals surface area contributed by atoms with Gasteiger partial charge in [0.1, 0.15) is 0 Å². The minimum atomic E-state index is 0.651. The Morgan fingerprint density at radius 3 is 1.50 bits per heavy atom. The Labute approximate surface area is 247 Å². The SMILES string of the molecule is Cc1c[c]([BiH2])nc(-c2c3c(cc4c5ccccc5n(-c5ccccc5)c24)c2ccccc2n3-c2ccccc2)c1. The average Bonchev–Trinajstić information content (AvgIpc) is 3.49. The van der Waals surface area contributed by atoms with Gasteiger partial charge in [0.25, 0.3) is 0 Å². The van der Waals surface area contributed by atoms with Crippen LogP contribution in [0.3, 0.4) is 0 Å². The van der Waals surface area contributed by atoms with E-state index in [2.05, 4.69) is 143 Å². The summed E-state index contributed by atoms with van der Waals surface area (Å²) in [4.78, 5) is 5.26. The molecule has 8 rings (SSSR count). The van der Waals surface area contributed by atoms with Crippen LogP contribution in [-0.4, -0.2) is 38.8 Å². The molecule has 3 heterocycles. The number of aromatic nitrogens is 3. The second-order valence-electron chi connectivity index (χ2n) is 10.4. The number of nitrogens with zero attached hydrogens (tertiary/aromatic N) is 3. The molecular weight excluding hydrogens is 683 g/mol. The molecule has 3 nitrogen and oxygen atoms in total. The maximum absolute atomic E-state index is 5.26. The Morgan fingerprint density at radius 1 is 0.525 bits per heavy atom. The number of hydrogen-bond donors (Lipinski definition) is 0. The number of aryl methyl sites for hydroxylation is 1. The molecule has 0 unspecified atom stereocenters. The molecule has 0 radical (unpaired) electrons. The van der Waals surface area contributed by atoms with Crippen LogP contribution in [0.15, 0.2) is 127 Å². The van der Waals surface area contributed by atoms with Crippen molar-refractivity contribution in [2.75, 3.05) is 0 Å². The van der Waals surface area contributed by atoms with E-state index in [0.717, 1.165) is 17.1 Å². The Kier molecular flexibility index (Phi) is 5.40. The third-order valence-corrected chi connectivity index (χ3v) is 9.01. The van der Waals surface area contributed by atoms with Crippen molar-refractivity contribution >= 4 is 71.7 Å². The third-order valence-electron chi connectivity index (χ3n) is 7.86. The van der Waals surface area contributed by atoms with Crippen molar-refractivity contribution in [2.24, 2.45) is 0 Å². The van der Waals surface area contributed by atoms with Gasteiger partial charge >= 0.3 is 248 Å². The van der Waals surface area contributed by atoms with Crippen molar-refractivity contribution in [3.05, 3.63) is 133 Å². The number of pyridine rings is 1. The maximum atomic E-state index is 5.26. The van der Waals surface area contributed by atoms with Crippen LogP contribution in [0.5, 0.6) is 0 Å². The van der Waals surface area contributed by atoms with Crippen molar-refractivity contribution < 1.29 is 0 Å². The topological polar surface area (TPSA) is 22.8 Å². The van der Waals surface area contributed by atoms with Crippen LogP contribution in [-0.2, 0) is 0 Å². The molecule has 190 valence electrons. The quantitative estimate of drug-likeness (QED) is 0.174. The van der Waals surface area contributed by atoms with Gasteiger partial charge in [0.15, 0.2) is 0 Å². The summed E-state index contributed by atoms with van der Waals surface area (Å²) in [6.45, 7) is 2.19. The Bertz CT molecular complexity index is 2070. The molecule has 8 aromatic rings. The zero-order chi connectivity index (χ0) is 26.8. The van der Waals surface area contributed by atoms with E-state index in [1.54, 1.807) is 0 Å². The van der Waals surface area contributed by atoms with E-state index in [1.807, 2.05) is 0 Å². The van der Waals surface area contributed by atoms with Gasteiger partial charge in [-0.15, -0.1) is 0 Å². The van der Waals surface area contributed by atoms with E-state index in [9.17, 15) is 0 Å². The Morgan fingerprint density at radius 2 is 1.00 bits per heavy atom. The van der Waals surface area contributed by atoms with Crippen molar-refractivity contribution in [1.82, 2.24) is 14.1 Å². The zero-order valence-corrected chi connectivity index (χ0v) is 26.5. The summed E-state index contributed by atoms with van der Waals surface area (Å²) in [5.41, 5.74) is 10.6. The Balaban J connectivity index is 1.71. The van der Waals surface area contributed by atoms with Crippen molar-refractivity contribution in [2.45, 2.75) is 6.92 Å². The first-order valence-electron chi connectivity index (χ1n) is 13.5. The van der Waals surface area contributed by atoms with E-state index >= 15 is 0 Å². The number of hydrogen-bond acceptors (Lipinski definition) is 1. The van der Waals surface area contributed by atoms with Gasteiger partial charge in [-0.3, -0.25) is 0 Å². The summed E-state index contributed by atoms with van der Waals surface area (Å²) in [6, 6.07) is 45.9. The molecule has 40 heavy (non-hydrogen) atoms. The molecule has 0 saturated heterocycles. The summed E-state index contributed by atoms with van der Waals surface area (Å²) in [5, 5.41) is 5.00. The van der Waals surface area contributed by atoms with E-state index < -0.39 is 0 Å². The van der Waals surface area contributed by atoms with Crippen molar-refractivity contribution in [1.29, 1.82) is 0 Å². The van der Waals surface area contributed by atoms with Crippen molar-refractivity contribution in [3.63, 3.8) is 0 Å². The van der Waals surface area contributed by atoms with Gasteiger partial charge in [-0.25, -0.2) is 0 Å². The van der Waals surface area contributed by atoms with Crippen molar-refractivity contribution in [3.8, 4) is 22.6 Å². The number of benzene rings is 5. The fourth-order valence-corrected chi connectivity index (χ4v) is 7.89. The van der Waals surface area contributed by atoms with E-state index in [-0.39, 0.29) is 0 Å². The first kappa shape index (κ1) is 23.6. The third kappa shape index (κ3) is 3.49. The average molecular weight is 710 g/mol. The summed E-state index contributed by atoms with van der Waals surface area (Å²) in [6.07, 6.45) is 0. The first-order chi connectivity index (χ1) is 19.7. The molecule has 0 N–H and O–H groups in total. The second-order valence-corrected chi connectivity index (χ2v) is 12.7. The molecule has 0 aliphatic rings. The van der Waals surface area contributed by atoms with E-state index in [1.165, 1.54) is 58.1 Å². The van der Waals surface area contributed by atoms with Gasteiger partial charge in [-0.1, -0.05) is 0 Å². The van der Waals surface area contributed by atoms with Gasteiger partial charge in [0.05, 0.1) is 0 Å². The fraction of sp³-hybridized carbons (Fsp3) is 0.0278. The van der Waals surface area contributed by atoms with Gasteiger partial charge < -0.3 is 0 Å². The van der Waals surface area contributed by atoms with Crippen LogP contribution in [0.25, 0.3) is 66.2 Å². The summed E-state index contributed by atoms with van der Waals surface area (Å²) in [7, 11) is 0. The van der Waals surface area contributed by atoms with E-state index in [0.29, 0.717) is 24.7 Å². The fourth-order valence-electron chi connectivity index (χ4n) is 6.33. The summed E-state index contributed by atoms with van der Waals surface area (Å²) < 4.78 is 6.06. The first-order valence-corrected chi connectivity index (χ1v) is 15.8. The van der Waals surface area contributed by atoms with Gasteiger partial charge in [0, 0.05) is 0 Å². The molecule has 0 saturated carbocycles. The zero-order valence-electron chi connectivity index (χ0n) is 22.0. The predicted octanol–water partition coefficient (Wildman–Crippen LogP) is 7.51. The number of rotatable bonds is 3. The summed E-state index contributed by atoms with van der Waals surface area (Å²) >= 11 is 0.651. The minimum absolute atomic E-state index is 0.651. The molecule has 5 aromatic carbocycles.